The van der Waals surface area contributed by atoms with E-state index in [0.717, 1.165) is 11.3 Å². The number of hydrogen-bond acceptors (Lipinski definition) is 6. The fourth-order valence-corrected chi connectivity index (χ4v) is 2.17. The molecule has 0 spiro atoms. The zero-order chi connectivity index (χ0) is 14.8. The number of aromatic nitrogens is 2. The van der Waals surface area contributed by atoms with Crippen molar-refractivity contribution in [3.8, 4) is 11.4 Å². The quantitative estimate of drug-likeness (QED) is 0.838. The molecule has 8 heteroatoms. The highest BCUT2D eigenvalue weighted by Gasteiger charge is 2.38. The molecule has 1 aliphatic heterocycles. The molecule has 21 heavy (non-hydrogen) atoms. The third-order valence-electron chi connectivity index (χ3n) is 3.23. The van der Waals surface area contributed by atoms with E-state index in [1.165, 1.54) is 12.5 Å². The summed E-state index contributed by atoms with van der Waals surface area (Å²) < 4.78 is 10.0. The Labute approximate surface area is 120 Å². The molecular formula is C13H14N4O4. The predicted molar refractivity (Wildman–Crippen MR) is 69.8 cm³/mol. The van der Waals surface area contributed by atoms with Gasteiger partial charge in [0.1, 0.15) is 18.8 Å². The number of imide groups is 1. The number of amides is 3. The first-order valence-electron chi connectivity index (χ1n) is 6.66. The van der Waals surface area contributed by atoms with Gasteiger partial charge in [-0.25, -0.2) is 4.79 Å². The minimum Gasteiger partial charge on any atom is -0.472 e. The minimum atomic E-state index is -0.459. The third kappa shape index (κ3) is 2.51. The van der Waals surface area contributed by atoms with Gasteiger partial charge in [0, 0.05) is 0 Å². The topological polar surface area (TPSA) is 101 Å². The second-order valence-corrected chi connectivity index (χ2v) is 4.74. The summed E-state index contributed by atoms with van der Waals surface area (Å²) in [4.78, 5) is 29.1. The first-order valence-corrected chi connectivity index (χ1v) is 6.66. The number of urea groups is 1. The second-order valence-electron chi connectivity index (χ2n) is 4.74. The average molecular weight is 290 g/mol. The third-order valence-corrected chi connectivity index (χ3v) is 3.23. The molecule has 1 N–H and O–H groups in total. The number of carbonyl (C=O) groups is 2. The molecule has 0 saturated carbocycles. The molecule has 0 radical (unpaired) electrons. The lowest BCUT2D eigenvalue weighted by atomic mass is 10.2. The smallest absolute Gasteiger partial charge is 0.325 e. The number of carbonyl (C=O) groups excluding carboxylic acids is 2. The molecule has 0 aliphatic carbocycles. The van der Waals surface area contributed by atoms with Crippen molar-refractivity contribution in [2.24, 2.45) is 0 Å². The molecule has 3 amide bonds. The summed E-state index contributed by atoms with van der Waals surface area (Å²) >= 11 is 0. The molecule has 3 rings (SSSR count). The van der Waals surface area contributed by atoms with Crippen LogP contribution < -0.4 is 5.32 Å². The van der Waals surface area contributed by atoms with E-state index in [4.69, 9.17) is 8.94 Å². The van der Waals surface area contributed by atoms with Gasteiger partial charge in [-0.05, 0) is 12.5 Å². The Kier molecular flexibility index (Phi) is 3.43. The summed E-state index contributed by atoms with van der Waals surface area (Å²) in [5.74, 6) is 0.299. The number of furan rings is 1. The molecule has 1 atom stereocenters. The normalized spacial score (nSPS) is 18.3. The van der Waals surface area contributed by atoms with E-state index in [2.05, 4.69) is 15.5 Å². The van der Waals surface area contributed by atoms with Crippen LogP contribution in [0.25, 0.3) is 11.4 Å². The van der Waals surface area contributed by atoms with Gasteiger partial charge >= 0.3 is 6.03 Å². The number of hydrogen-bond donors (Lipinski definition) is 1. The second kappa shape index (κ2) is 5.39. The Bertz CT molecular complexity index is 649. The van der Waals surface area contributed by atoms with Crippen LogP contribution in [0.5, 0.6) is 0 Å². The van der Waals surface area contributed by atoms with Gasteiger partial charge in [0.05, 0.1) is 11.8 Å². The van der Waals surface area contributed by atoms with E-state index >= 15 is 0 Å². The molecule has 1 unspecified atom stereocenters. The molecule has 2 aromatic rings. The van der Waals surface area contributed by atoms with Crippen LogP contribution in [0.1, 0.15) is 25.7 Å². The summed E-state index contributed by atoms with van der Waals surface area (Å²) in [5.41, 5.74) is 0.672. The molecule has 110 valence electrons. The standard InChI is InChI=1S/C13H14N4O4/c1-2-3-9-12(18)17(13(19)14-9)6-10-15-11(16-21-10)8-4-5-20-7-8/h4-5,7,9H,2-3,6H2,1H3,(H,14,19). The largest absolute Gasteiger partial charge is 0.472 e. The van der Waals surface area contributed by atoms with Crippen LogP contribution >= 0.6 is 0 Å². The maximum atomic E-state index is 12.1. The molecular weight excluding hydrogens is 276 g/mol. The number of rotatable bonds is 5. The van der Waals surface area contributed by atoms with Crippen molar-refractivity contribution >= 4 is 11.9 Å². The fourth-order valence-electron chi connectivity index (χ4n) is 2.17. The van der Waals surface area contributed by atoms with Crippen LogP contribution in [0, 0.1) is 0 Å². The highest BCUT2D eigenvalue weighted by atomic mass is 16.5. The van der Waals surface area contributed by atoms with Crippen molar-refractivity contribution in [2.75, 3.05) is 0 Å². The zero-order valence-corrected chi connectivity index (χ0v) is 11.4. The SMILES string of the molecule is CCCC1NC(=O)N(Cc2nc(-c3ccoc3)no2)C1=O. The summed E-state index contributed by atoms with van der Waals surface area (Å²) in [5, 5.41) is 6.43. The lowest BCUT2D eigenvalue weighted by molar-refractivity contribution is -0.128. The minimum absolute atomic E-state index is 0.0320. The van der Waals surface area contributed by atoms with Gasteiger partial charge in [0.25, 0.3) is 5.91 Å². The zero-order valence-electron chi connectivity index (χ0n) is 11.4. The van der Waals surface area contributed by atoms with Gasteiger partial charge in [0.2, 0.25) is 11.7 Å². The first-order chi connectivity index (χ1) is 10.2. The van der Waals surface area contributed by atoms with Crippen LogP contribution in [0.3, 0.4) is 0 Å². The van der Waals surface area contributed by atoms with Gasteiger partial charge in [0.15, 0.2) is 0 Å². The van der Waals surface area contributed by atoms with Crippen LogP contribution in [-0.2, 0) is 11.3 Å². The maximum Gasteiger partial charge on any atom is 0.325 e. The van der Waals surface area contributed by atoms with Crippen LogP contribution in [-0.4, -0.2) is 33.0 Å². The van der Waals surface area contributed by atoms with Crippen molar-refractivity contribution in [2.45, 2.75) is 32.4 Å². The lowest BCUT2D eigenvalue weighted by Gasteiger charge is -2.09. The molecule has 2 aromatic heterocycles. The van der Waals surface area contributed by atoms with Gasteiger partial charge in [-0.3, -0.25) is 9.69 Å². The number of nitrogens with zero attached hydrogens (tertiary/aromatic N) is 3. The Morgan fingerprint density at radius 2 is 2.29 bits per heavy atom. The number of nitrogens with one attached hydrogen (secondary N) is 1. The van der Waals surface area contributed by atoms with Gasteiger partial charge < -0.3 is 14.3 Å². The molecule has 1 fully saturated rings. The highest BCUT2D eigenvalue weighted by molar-refractivity contribution is 6.04. The molecule has 1 saturated heterocycles. The van der Waals surface area contributed by atoms with Crippen molar-refractivity contribution in [3.05, 3.63) is 24.5 Å². The van der Waals surface area contributed by atoms with E-state index in [-0.39, 0.29) is 18.3 Å². The summed E-state index contributed by atoms with van der Waals surface area (Å²) in [6, 6.07) is 0.805. The summed E-state index contributed by atoms with van der Waals surface area (Å²) in [7, 11) is 0. The van der Waals surface area contributed by atoms with E-state index in [9.17, 15) is 9.59 Å². The van der Waals surface area contributed by atoms with Gasteiger partial charge in [-0.2, -0.15) is 4.98 Å². The highest BCUT2D eigenvalue weighted by Crippen LogP contribution is 2.18. The van der Waals surface area contributed by atoms with E-state index in [0.29, 0.717) is 17.8 Å². The first kappa shape index (κ1) is 13.3. The van der Waals surface area contributed by atoms with Crippen LogP contribution in [0.2, 0.25) is 0 Å². The summed E-state index contributed by atoms with van der Waals surface area (Å²) in [6.45, 7) is 1.92. The molecule has 8 nitrogen and oxygen atoms in total. The molecule has 3 heterocycles. The van der Waals surface area contributed by atoms with E-state index in [1.807, 2.05) is 6.92 Å². The Balaban J connectivity index is 1.72. The van der Waals surface area contributed by atoms with Crippen molar-refractivity contribution in [1.29, 1.82) is 0 Å². The van der Waals surface area contributed by atoms with Gasteiger partial charge in [-0.15, -0.1) is 0 Å². The van der Waals surface area contributed by atoms with Crippen molar-refractivity contribution < 1.29 is 18.5 Å². The Morgan fingerprint density at radius 1 is 1.43 bits per heavy atom. The molecule has 1 aliphatic rings. The van der Waals surface area contributed by atoms with Crippen molar-refractivity contribution in [3.63, 3.8) is 0 Å². The fraction of sp³-hybridized carbons (Fsp3) is 0.385. The van der Waals surface area contributed by atoms with E-state index < -0.39 is 12.1 Å². The Morgan fingerprint density at radius 3 is 3.00 bits per heavy atom. The van der Waals surface area contributed by atoms with Crippen molar-refractivity contribution in [1.82, 2.24) is 20.4 Å². The predicted octanol–water partition coefficient (Wildman–Crippen LogP) is 1.55. The average Bonchev–Trinajstić information content (AvgIpc) is 3.17. The van der Waals surface area contributed by atoms with Gasteiger partial charge in [-0.1, -0.05) is 18.5 Å². The van der Waals surface area contributed by atoms with Crippen LogP contribution in [0.15, 0.2) is 27.5 Å². The Hall–Kier alpha value is -2.64. The summed E-state index contributed by atoms with van der Waals surface area (Å²) in [6.07, 6.45) is 4.42. The van der Waals surface area contributed by atoms with Crippen LogP contribution in [0.4, 0.5) is 4.79 Å². The molecule has 0 bridgehead atoms. The van der Waals surface area contributed by atoms with E-state index in [1.54, 1.807) is 6.07 Å². The maximum absolute atomic E-state index is 12.1. The molecule has 0 aromatic carbocycles. The monoisotopic (exact) mass is 290 g/mol. The lowest BCUT2D eigenvalue weighted by Crippen LogP contribution is -2.31.